The molecule has 0 radical (unpaired) electrons. The first kappa shape index (κ1) is 21.2. The molecule has 2 aliphatic heterocycles. The number of carbonyl (C=O) groups is 3. The Labute approximate surface area is 195 Å². The maximum Gasteiger partial charge on any atom is 0.339 e. The van der Waals surface area contributed by atoms with E-state index in [-0.39, 0.29) is 29.4 Å². The Kier molecular flexibility index (Phi) is 5.13. The molecule has 3 heterocycles. The first-order chi connectivity index (χ1) is 15.9. The van der Waals surface area contributed by atoms with E-state index in [4.69, 9.17) is 16.3 Å². The summed E-state index contributed by atoms with van der Waals surface area (Å²) < 4.78 is 5.74. The molecule has 3 aromatic rings. The SMILES string of the molecule is CNC(=O)c1cccc(-c2ccc(C(=O)N3CC[C@@]4(C3)OC(=O)c3ccccc34)c(Cl)c2)n1. The molecule has 2 amide bonds. The molecule has 1 saturated heterocycles. The number of fused-ring (bicyclic) bond motifs is 2. The minimum Gasteiger partial charge on any atom is -0.449 e. The smallest absolute Gasteiger partial charge is 0.339 e. The molecule has 1 N–H and O–H groups in total. The Bertz CT molecular complexity index is 1310. The number of nitrogens with one attached hydrogen (secondary N) is 1. The van der Waals surface area contributed by atoms with Crippen molar-refractivity contribution in [1.29, 1.82) is 0 Å². The monoisotopic (exact) mass is 461 g/mol. The molecule has 1 aromatic heterocycles. The van der Waals surface area contributed by atoms with Gasteiger partial charge in [0.15, 0.2) is 5.60 Å². The van der Waals surface area contributed by atoms with Crippen molar-refractivity contribution in [3.63, 3.8) is 0 Å². The Hall–Kier alpha value is -3.71. The van der Waals surface area contributed by atoms with E-state index in [0.29, 0.717) is 41.0 Å². The van der Waals surface area contributed by atoms with E-state index in [0.717, 1.165) is 5.56 Å². The number of hydrogen-bond donors (Lipinski definition) is 1. The van der Waals surface area contributed by atoms with E-state index in [1.165, 1.54) is 0 Å². The number of hydrogen-bond acceptors (Lipinski definition) is 5. The zero-order valence-corrected chi connectivity index (χ0v) is 18.6. The molecule has 0 aliphatic carbocycles. The number of pyridine rings is 1. The third kappa shape index (κ3) is 3.54. The van der Waals surface area contributed by atoms with Crippen LogP contribution in [0.4, 0.5) is 0 Å². The van der Waals surface area contributed by atoms with E-state index in [1.54, 1.807) is 60.5 Å². The summed E-state index contributed by atoms with van der Waals surface area (Å²) in [4.78, 5) is 43.5. The fraction of sp³-hybridized carbons (Fsp3) is 0.200. The zero-order chi connectivity index (χ0) is 23.2. The van der Waals surface area contributed by atoms with E-state index in [2.05, 4.69) is 10.3 Å². The van der Waals surface area contributed by atoms with Crippen molar-refractivity contribution in [2.24, 2.45) is 0 Å². The topological polar surface area (TPSA) is 88.6 Å². The van der Waals surface area contributed by atoms with Gasteiger partial charge in [-0.25, -0.2) is 9.78 Å². The van der Waals surface area contributed by atoms with Crippen LogP contribution >= 0.6 is 11.6 Å². The Balaban J connectivity index is 1.39. The van der Waals surface area contributed by atoms with Crippen LogP contribution in [0, 0.1) is 0 Å². The van der Waals surface area contributed by atoms with Gasteiger partial charge in [-0.2, -0.15) is 0 Å². The van der Waals surface area contributed by atoms with E-state index in [9.17, 15) is 14.4 Å². The number of nitrogens with zero attached hydrogens (tertiary/aromatic N) is 2. The number of aromatic nitrogens is 1. The molecule has 166 valence electrons. The summed E-state index contributed by atoms with van der Waals surface area (Å²) in [7, 11) is 1.54. The highest BCUT2D eigenvalue weighted by molar-refractivity contribution is 6.34. The lowest BCUT2D eigenvalue weighted by Gasteiger charge is -2.24. The molecule has 1 fully saturated rings. The van der Waals surface area contributed by atoms with Crippen molar-refractivity contribution in [2.45, 2.75) is 12.0 Å². The molecule has 8 heteroatoms. The second-order valence-corrected chi connectivity index (χ2v) is 8.50. The van der Waals surface area contributed by atoms with Gasteiger partial charge in [-0.15, -0.1) is 0 Å². The third-order valence-electron chi connectivity index (χ3n) is 6.15. The number of carbonyl (C=O) groups excluding carboxylic acids is 3. The predicted octanol–water partition coefficient (Wildman–Crippen LogP) is 3.67. The van der Waals surface area contributed by atoms with Crippen LogP contribution in [-0.4, -0.2) is 47.8 Å². The summed E-state index contributed by atoms with van der Waals surface area (Å²) >= 11 is 6.50. The highest BCUT2D eigenvalue weighted by Crippen LogP contribution is 2.43. The van der Waals surface area contributed by atoms with Crippen molar-refractivity contribution in [3.05, 3.63) is 88.1 Å². The summed E-state index contributed by atoms with van der Waals surface area (Å²) in [5, 5.41) is 2.83. The van der Waals surface area contributed by atoms with Crippen LogP contribution in [0.1, 0.15) is 43.2 Å². The summed E-state index contributed by atoms with van der Waals surface area (Å²) in [6.07, 6.45) is 0.535. The van der Waals surface area contributed by atoms with Crippen molar-refractivity contribution in [3.8, 4) is 11.3 Å². The minimum atomic E-state index is -0.806. The number of amides is 2. The fourth-order valence-electron chi connectivity index (χ4n) is 4.47. The van der Waals surface area contributed by atoms with Gasteiger partial charge in [0.25, 0.3) is 11.8 Å². The average Bonchev–Trinajstić information content (AvgIpc) is 3.39. The lowest BCUT2D eigenvalue weighted by molar-refractivity contribution is -0.00306. The van der Waals surface area contributed by atoms with E-state index < -0.39 is 5.60 Å². The molecule has 33 heavy (non-hydrogen) atoms. The number of benzene rings is 2. The van der Waals surface area contributed by atoms with E-state index in [1.807, 2.05) is 12.1 Å². The quantitative estimate of drug-likeness (QED) is 0.601. The Morgan fingerprint density at radius 1 is 1.12 bits per heavy atom. The molecule has 0 saturated carbocycles. The molecule has 5 rings (SSSR count). The van der Waals surface area contributed by atoms with Crippen LogP contribution in [0.15, 0.2) is 60.7 Å². The molecule has 1 atom stereocenters. The van der Waals surface area contributed by atoms with Crippen molar-refractivity contribution >= 4 is 29.4 Å². The first-order valence-corrected chi connectivity index (χ1v) is 10.9. The van der Waals surface area contributed by atoms with Gasteiger partial charge in [0.05, 0.1) is 28.4 Å². The maximum atomic E-state index is 13.3. The third-order valence-corrected chi connectivity index (χ3v) is 6.46. The van der Waals surface area contributed by atoms with Crippen LogP contribution in [0.5, 0.6) is 0 Å². The number of ether oxygens (including phenoxy) is 1. The number of halogens is 1. The largest absolute Gasteiger partial charge is 0.449 e. The Morgan fingerprint density at radius 3 is 2.73 bits per heavy atom. The van der Waals surface area contributed by atoms with Gasteiger partial charge >= 0.3 is 5.97 Å². The van der Waals surface area contributed by atoms with Crippen molar-refractivity contribution in [1.82, 2.24) is 15.2 Å². The molecule has 0 unspecified atom stereocenters. The summed E-state index contributed by atoms with van der Waals surface area (Å²) in [5.41, 5.74) is 2.50. The van der Waals surface area contributed by atoms with Gasteiger partial charge in [0.1, 0.15) is 5.69 Å². The number of rotatable bonds is 3. The molecular weight excluding hydrogens is 442 g/mol. The van der Waals surface area contributed by atoms with E-state index >= 15 is 0 Å². The molecule has 1 spiro atoms. The van der Waals surface area contributed by atoms with Gasteiger partial charge < -0.3 is 15.0 Å². The van der Waals surface area contributed by atoms with Crippen LogP contribution in [0.3, 0.4) is 0 Å². The van der Waals surface area contributed by atoms with Gasteiger partial charge in [0, 0.05) is 31.1 Å². The normalized spacial score (nSPS) is 18.8. The van der Waals surface area contributed by atoms with Crippen molar-refractivity contribution in [2.75, 3.05) is 20.1 Å². The second-order valence-electron chi connectivity index (χ2n) is 8.09. The van der Waals surface area contributed by atoms with Gasteiger partial charge in [-0.05, 0) is 30.3 Å². The second kappa shape index (κ2) is 8.01. The molecular formula is C25H20ClN3O4. The number of esters is 1. The van der Waals surface area contributed by atoms with Gasteiger partial charge in [0.2, 0.25) is 0 Å². The van der Waals surface area contributed by atoms with Gasteiger partial charge in [-0.3, -0.25) is 9.59 Å². The van der Waals surface area contributed by atoms with Crippen LogP contribution in [-0.2, 0) is 10.3 Å². The first-order valence-electron chi connectivity index (χ1n) is 10.5. The van der Waals surface area contributed by atoms with Crippen molar-refractivity contribution < 1.29 is 19.1 Å². The van der Waals surface area contributed by atoms with Crippen LogP contribution < -0.4 is 5.32 Å². The average molecular weight is 462 g/mol. The maximum absolute atomic E-state index is 13.3. The van der Waals surface area contributed by atoms with Crippen LogP contribution in [0.2, 0.25) is 5.02 Å². The van der Waals surface area contributed by atoms with Crippen LogP contribution in [0.25, 0.3) is 11.3 Å². The molecule has 2 aliphatic rings. The standard InChI is InChI=1S/C25H20ClN3O4/c1-27-22(30)21-8-4-7-20(28-21)15-9-10-17(19(26)13-15)23(31)29-12-11-25(14-29)18-6-3-2-5-16(18)24(32)33-25/h2-10,13H,11-12,14H2,1H3,(H,27,30)/t25-/m0/s1. The predicted molar refractivity (Wildman–Crippen MR) is 122 cm³/mol. The lowest BCUT2D eigenvalue weighted by Crippen LogP contribution is -2.34. The van der Waals surface area contributed by atoms with Gasteiger partial charge in [-0.1, -0.05) is 41.9 Å². The highest BCUT2D eigenvalue weighted by Gasteiger charge is 2.51. The fourth-order valence-corrected chi connectivity index (χ4v) is 4.73. The summed E-state index contributed by atoms with van der Waals surface area (Å²) in [6, 6.07) is 17.5. The summed E-state index contributed by atoms with van der Waals surface area (Å²) in [6.45, 7) is 0.733. The molecule has 7 nitrogen and oxygen atoms in total. The zero-order valence-electron chi connectivity index (χ0n) is 17.8. The highest BCUT2D eigenvalue weighted by atomic mass is 35.5. The Morgan fingerprint density at radius 2 is 1.94 bits per heavy atom. The molecule has 0 bridgehead atoms. The lowest BCUT2D eigenvalue weighted by atomic mass is 9.91. The number of likely N-dealkylation sites (tertiary alicyclic amines) is 1. The minimum absolute atomic E-state index is 0.226. The summed E-state index contributed by atoms with van der Waals surface area (Å²) in [5.74, 6) is -0.864. The molecule has 2 aromatic carbocycles.